The molecule has 2 saturated heterocycles. The van der Waals surface area contributed by atoms with E-state index >= 15 is 0 Å². The fourth-order valence-electron chi connectivity index (χ4n) is 4.15. The van der Waals surface area contributed by atoms with Crippen molar-refractivity contribution < 1.29 is 66.7 Å². The molecule has 0 saturated carbocycles. The van der Waals surface area contributed by atoms with Crippen molar-refractivity contribution in [2.24, 2.45) is 0 Å². The van der Waals surface area contributed by atoms with Crippen LogP contribution < -0.4 is 9.47 Å². The van der Waals surface area contributed by atoms with Crippen molar-refractivity contribution in [3.63, 3.8) is 0 Å². The van der Waals surface area contributed by atoms with Crippen LogP contribution in [-0.2, 0) is 47.6 Å². The van der Waals surface area contributed by atoms with Crippen LogP contribution in [-0.4, -0.2) is 93.1 Å². The third-order valence-electron chi connectivity index (χ3n) is 6.33. The second kappa shape index (κ2) is 15.4. The van der Waals surface area contributed by atoms with Crippen LogP contribution in [0.1, 0.15) is 20.7 Å². The van der Waals surface area contributed by atoms with Gasteiger partial charge in [0.15, 0.2) is 25.4 Å². The number of ketones is 1. The first-order chi connectivity index (χ1) is 21.7. The van der Waals surface area contributed by atoms with Crippen LogP contribution in [0.5, 0.6) is 11.5 Å². The summed E-state index contributed by atoms with van der Waals surface area (Å²) in [5.74, 6) is -3.65. The minimum Gasteiger partial charge on any atom is -0.486 e. The van der Waals surface area contributed by atoms with Crippen LogP contribution in [0.15, 0.2) is 73.8 Å². The van der Waals surface area contributed by atoms with E-state index in [2.05, 4.69) is 22.6 Å². The van der Waals surface area contributed by atoms with E-state index in [4.69, 9.17) is 28.4 Å². The van der Waals surface area contributed by atoms with Crippen LogP contribution >= 0.6 is 0 Å². The molecule has 14 heteroatoms. The van der Waals surface area contributed by atoms with Gasteiger partial charge in [-0.25, -0.2) is 24.0 Å². The molecular formula is C31H28O14. The van der Waals surface area contributed by atoms with E-state index < -0.39 is 73.3 Å². The molecule has 4 unspecified atom stereocenters. The molecule has 236 valence electrons. The first-order valence-corrected chi connectivity index (χ1v) is 13.5. The summed E-state index contributed by atoms with van der Waals surface area (Å²) in [6, 6.07) is 11.4. The Morgan fingerprint density at radius 3 is 1.62 bits per heavy atom. The summed E-state index contributed by atoms with van der Waals surface area (Å²) >= 11 is 0. The fraction of sp³-hybridized carbons (Fsp3) is 0.290. The molecule has 0 radical (unpaired) electrons. The molecule has 2 heterocycles. The number of fused-ring (bicyclic) bond motifs is 1. The molecule has 2 aromatic carbocycles. The maximum atomic E-state index is 12.7. The van der Waals surface area contributed by atoms with Crippen molar-refractivity contribution in [3.05, 3.63) is 85.0 Å². The lowest BCUT2D eigenvalue weighted by Gasteiger charge is -2.17. The molecule has 0 aromatic heterocycles. The van der Waals surface area contributed by atoms with Gasteiger partial charge in [-0.2, -0.15) is 0 Å². The normalized spacial score (nSPS) is 19.7. The molecule has 2 aliphatic rings. The third kappa shape index (κ3) is 9.08. The van der Waals surface area contributed by atoms with Crippen LogP contribution in [0, 0.1) is 0 Å². The van der Waals surface area contributed by atoms with Crippen LogP contribution in [0.25, 0.3) is 0 Å². The van der Waals surface area contributed by atoms with Crippen LogP contribution in [0.3, 0.4) is 0 Å². The maximum Gasteiger partial charge on any atom is 0.349 e. The van der Waals surface area contributed by atoms with Gasteiger partial charge in [0.25, 0.3) is 0 Å². The number of Topliss-reactive ketones (excluding diaryl/α,β-unsaturated/α-hetero) is 1. The van der Waals surface area contributed by atoms with E-state index in [-0.39, 0.29) is 36.7 Å². The first kappa shape index (κ1) is 32.6. The van der Waals surface area contributed by atoms with Gasteiger partial charge in [0.2, 0.25) is 5.78 Å². The number of esters is 5. The largest absolute Gasteiger partial charge is 0.486 e. The molecule has 2 fully saturated rings. The van der Waals surface area contributed by atoms with Crippen molar-refractivity contribution in [2.45, 2.75) is 24.4 Å². The van der Waals surface area contributed by atoms with Crippen molar-refractivity contribution >= 4 is 35.6 Å². The van der Waals surface area contributed by atoms with E-state index in [1.165, 1.54) is 48.5 Å². The van der Waals surface area contributed by atoms with Crippen molar-refractivity contribution in [1.82, 2.24) is 0 Å². The Morgan fingerprint density at radius 2 is 1.13 bits per heavy atom. The summed E-state index contributed by atoms with van der Waals surface area (Å²) in [6.07, 6.45) is -0.979. The molecular weight excluding hydrogens is 596 g/mol. The van der Waals surface area contributed by atoms with Gasteiger partial charge in [-0.05, 0) is 48.5 Å². The van der Waals surface area contributed by atoms with E-state index in [0.717, 1.165) is 12.2 Å². The third-order valence-corrected chi connectivity index (χ3v) is 6.33. The highest BCUT2D eigenvalue weighted by Gasteiger charge is 2.51. The molecule has 0 spiro atoms. The minimum absolute atomic E-state index is 0.0196. The van der Waals surface area contributed by atoms with Crippen molar-refractivity contribution in [2.75, 3.05) is 33.0 Å². The molecule has 0 bridgehead atoms. The van der Waals surface area contributed by atoms with Gasteiger partial charge in [0.1, 0.15) is 30.3 Å². The summed E-state index contributed by atoms with van der Waals surface area (Å²) in [5, 5.41) is 0. The first-order valence-electron chi connectivity index (χ1n) is 13.5. The number of hydrogen-bond donors (Lipinski definition) is 0. The quantitative estimate of drug-likeness (QED) is 0.128. The Bertz CT molecular complexity index is 1450. The smallest absolute Gasteiger partial charge is 0.349 e. The summed E-state index contributed by atoms with van der Waals surface area (Å²) in [6.45, 7) is 5.12. The summed E-state index contributed by atoms with van der Waals surface area (Å²) < 4.78 is 42.2. The molecule has 0 aliphatic carbocycles. The highest BCUT2D eigenvalue weighted by molar-refractivity contribution is 5.90. The number of hydrogen-bond acceptors (Lipinski definition) is 14. The summed E-state index contributed by atoms with van der Waals surface area (Å²) in [5.41, 5.74) is 0.384. The predicted molar refractivity (Wildman–Crippen MR) is 149 cm³/mol. The zero-order chi connectivity index (χ0) is 32.3. The van der Waals surface area contributed by atoms with Crippen molar-refractivity contribution in [3.8, 4) is 11.5 Å². The monoisotopic (exact) mass is 624 g/mol. The highest BCUT2D eigenvalue weighted by atomic mass is 16.7. The topological polar surface area (TPSA) is 176 Å². The van der Waals surface area contributed by atoms with Gasteiger partial charge in [0, 0.05) is 12.2 Å². The molecule has 2 aliphatic heterocycles. The number of rotatable bonds is 14. The Hall–Kier alpha value is -5.34. The molecule has 45 heavy (non-hydrogen) atoms. The molecule has 0 N–H and O–H groups in total. The number of carbonyl (C=O) groups is 6. The van der Waals surface area contributed by atoms with Crippen LogP contribution in [0.4, 0.5) is 0 Å². The fourth-order valence-corrected chi connectivity index (χ4v) is 4.15. The summed E-state index contributed by atoms with van der Waals surface area (Å²) in [4.78, 5) is 71.0. The maximum absolute atomic E-state index is 12.7. The van der Waals surface area contributed by atoms with Gasteiger partial charge in [-0.3, -0.25) is 4.79 Å². The Kier molecular flexibility index (Phi) is 11.2. The van der Waals surface area contributed by atoms with Crippen molar-refractivity contribution in [1.29, 1.82) is 0 Å². The minimum atomic E-state index is -0.815. The lowest BCUT2D eigenvalue weighted by atomic mass is 10.1. The zero-order valence-corrected chi connectivity index (χ0v) is 23.7. The van der Waals surface area contributed by atoms with Crippen LogP contribution in [0.2, 0.25) is 0 Å². The van der Waals surface area contributed by atoms with Gasteiger partial charge in [0.05, 0.1) is 24.3 Å². The SMILES string of the molecule is C=CC(=O)OCC(=O)COc1ccc(C(=O)OC2COC3C(OC(=O)c4ccc(OC(=O)COC(=O)C=C)cc4)COC23)cc1. The van der Waals surface area contributed by atoms with E-state index in [9.17, 15) is 28.8 Å². The Labute approximate surface area is 256 Å². The molecule has 4 rings (SSSR count). The average Bonchev–Trinajstić information content (AvgIpc) is 3.64. The van der Waals surface area contributed by atoms with E-state index in [1.807, 2.05) is 0 Å². The highest BCUT2D eigenvalue weighted by Crippen LogP contribution is 2.31. The standard InChI is InChI=1S/C31H28O14/c1-3-25(33)39-14-20(32)13-38-21-9-5-18(6-10-21)30(36)44-23-15-41-29-24(16-42-28(23)29)45-31(37)19-7-11-22(12-8-19)43-27(35)17-40-26(34)4-2/h3-12,23-24,28-29H,1-2,13-17H2. The van der Waals surface area contributed by atoms with Gasteiger partial charge < -0.3 is 37.9 Å². The lowest BCUT2D eigenvalue weighted by molar-refractivity contribution is -0.150. The zero-order valence-electron chi connectivity index (χ0n) is 23.7. The van der Waals surface area contributed by atoms with E-state index in [0.29, 0.717) is 5.75 Å². The second-order valence-electron chi connectivity index (χ2n) is 9.46. The van der Waals surface area contributed by atoms with E-state index in [1.54, 1.807) is 0 Å². The number of ether oxygens (including phenoxy) is 8. The Morgan fingerprint density at radius 1 is 0.667 bits per heavy atom. The second-order valence-corrected chi connectivity index (χ2v) is 9.46. The average molecular weight is 625 g/mol. The number of benzene rings is 2. The van der Waals surface area contributed by atoms with Gasteiger partial charge >= 0.3 is 29.8 Å². The predicted octanol–water partition coefficient (Wildman–Crippen LogP) is 1.55. The molecule has 2 aromatic rings. The summed E-state index contributed by atoms with van der Waals surface area (Å²) in [7, 11) is 0. The molecule has 14 nitrogen and oxygen atoms in total. The van der Waals surface area contributed by atoms with Gasteiger partial charge in [-0.15, -0.1) is 0 Å². The number of carbonyl (C=O) groups excluding carboxylic acids is 6. The Balaban J connectivity index is 1.22. The molecule has 0 amide bonds. The lowest BCUT2D eigenvalue weighted by Crippen LogP contribution is -2.36. The van der Waals surface area contributed by atoms with Gasteiger partial charge in [-0.1, -0.05) is 13.2 Å². The molecule has 4 atom stereocenters.